The molecule has 0 bridgehead atoms. The molecule has 5 rings (SSSR count). The lowest BCUT2D eigenvalue weighted by atomic mass is 10.0. The Balaban J connectivity index is 1.51. The molecule has 0 saturated carbocycles. The van der Waals surface area contributed by atoms with Gasteiger partial charge in [-0.2, -0.15) is 0 Å². The van der Waals surface area contributed by atoms with Gasteiger partial charge in [-0.25, -0.2) is 0 Å². The van der Waals surface area contributed by atoms with Crippen LogP contribution in [0.1, 0.15) is 42.1 Å². The third-order valence-corrected chi connectivity index (χ3v) is 6.05. The fourth-order valence-corrected chi connectivity index (χ4v) is 4.66. The summed E-state index contributed by atoms with van der Waals surface area (Å²) in [6.45, 7) is 2.30. The molecule has 7 heteroatoms. The van der Waals surface area contributed by atoms with Gasteiger partial charge >= 0.3 is 0 Å². The molecule has 0 radical (unpaired) electrons. The Kier molecular flexibility index (Phi) is 5.08. The molecular weight excluding hydrogens is 384 g/mol. The highest BCUT2D eigenvalue weighted by Gasteiger charge is 2.42. The Labute approximate surface area is 175 Å². The molecular formula is C22H24N4O2S. The first-order valence-electron chi connectivity index (χ1n) is 10.1. The van der Waals surface area contributed by atoms with E-state index >= 15 is 0 Å². The summed E-state index contributed by atoms with van der Waals surface area (Å²) < 4.78 is 13.7. The van der Waals surface area contributed by atoms with Crippen molar-refractivity contribution in [3.8, 4) is 0 Å². The van der Waals surface area contributed by atoms with Crippen molar-refractivity contribution in [1.82, 2.24) is 19.8 Å². The number of nitrogens with one attached hydrogen (secondary N) is 1. The molecule has 0 amide bonds. The fourth-order valence-electron chi connectivity index (χ4n) is 4.34. The predicted molar refractivity (Wildman–Crippen MR) is 113 cm³/mol. The maximum Gasteiger partial charge on any atom is 0.170 e. The van der Waals surface area contributed by atoms with E-state index in [-0.39, 0.29) is 18.2 Å². The van der Waals surface area contributed by atoms with E-state index in [1.165, 1.54) is 5.69 Å². The van der Waals surface area contributed by atoms with E-state index in [0.29, 0.717) is 6.54 Å². The van der Waals surface area contributed by atoms with Crippen molar-refractivity contribution in [3.05, 3.63) is 78.3 Å². The van der Waals surface area contributed by atoms with E-state index < -0.39 is 0 Å². The van der Waals surface area contributed by atoms with Gasteiger partial charge in [0.1, 0.15) is 5.76 Å². The lowest BCUT2D eigenvalue weighted by molar-refractivity contribution is 0.0834. The number of aromatic nitrogens is 2. The minimum absolute atomic E-state index is 0.0182. The van der Waals surface area contributed by atoms with E-state index in [1.807, 2.05) is 30.5 Å². The van der Waals surface area contributed by atoms with Gasteiger partial charge in [-0.1, -0.05) is 6.07 Å². The van der Waals surface area contributed by atoms with Crippen LogP contribution in [0.4, 0.5) is 0 Å². The quantitative estimate of drug-likeness (QED) is 0.628. The van der Waals surface area contributed by atoms with Crippen LogP contribution in [0.25, 0.3) is 0 Å². The summed E-state index contributed by atoms with van der Waals surface area (Å²) in [5, 5.41) is 4.28. The van der Waals surface area contributed by atoms with E-state index in [4.69, 9.17) is 21.4 Å². The summed E-state index contributed by atoms with van der Waals surface area (Å²) in [5.74, 6) is 0.927. The monoisotopic (exact) mass is 408 g/mol. The van der Waals surface area contributed by atoms with Gasteiger partial charge in [0, 0.05) is 31.2 Å². The molecule has 1 N–H and O–H groups in total. The Bertz CT molecular complexity index is 950. The SMILES string of the molecule is S=C1N[C@H](c2ccccn2)[C@@H](c2cccn2Cc2ccco2)N1C[C@@H]1CCCO1. The van der Waals surface area contributed by atoms with Gasteiger partial charge in [-0.3, -0.25) is 4.98 Å². The highest BCUT2D eigenvalue weighted by molar-refractivity contribution is 7.80. The molecule has 150 valence electrons. The number of rotatable bonds is 6. The van der Waals surface area contributed by atoms with Crippen molar-refractivity contribution in [2.24, 2.45) is 0 Å². The molecule has 29 heavy (non-hydrogen) atoms. The first kappa shape index (κ1) is 18.4. The number of ether oxygens (including phenoxy) is 1. The summed E-state index contributed by atoms with van der Waals surface area (Å²) >= 11 is 5.77. The number of thiocarbonyl (C=S) groups is 1. The van der Waals surface area contributed by atoms with Crippen LogP contribution in [-0.2, 0) is 11.3 Å². The van der Waals surface area contributed by atoms with Gasteiger partial charge in [0.15, 0.2) is 5.11 Å². The molecule has 3 aromatic rings. The molecule has 2 fully saturated rings. The second-order valence-corrected chi connectivity index (χ2v) is 7.94. The third kappa shape index (κ3) is 3.68. The normalized spacial score (nSPS) is 24.2. The number of nitrogens with zero attached hydrogens (tertiary/aromatic N) is 3. The van der Waals surface area contributed by atoms with E-state index in [0.717, 1.165) is 42.6 Å². The van der Waals surface area contributed by atoms with E-state index in [9.17, 15) is 0 Å². The minimum Gasteiger partial charge on any atom is -0.467 e. The third-order valence-electron chi connectivity index (χ3n) is 5.70. The van der Waals surface area contributed by atoms with Gasteiger partial charge < -0.3 is 23.9 Å². The largest absolute Gasteiger partial charge is 0.467 e. The molecule has 0 unspecified atom stereocenters. The lowest BCUT2D eigenvalue weighted by Crippen LogP contribution is -2.36. The summed E-state index contributed by atoms with van der Waals surface area (Å²) in [7, 11) is 0. The van der Waals surface area contributed by atoms with Crippen LogP contribution >= 0.6 is 12.2 Å². The average Bonchev–Trinajstić information content (AvgIpc) is 3.53. The second-order valence-electron chi connectivity index (χ2n) is 7.55. The van der Waals surface area contributed by atoms with Gasteiger partial charge in [0.05, 0.1) is 36.7 Å². The van der Waals surface area contributed by atoms with Crippen molar-refractivity contribution in [2.45, 2.75) is 37.6 Å². The van der Waals surface area contributed by atoms with Crippen molar-refractivity contribution < 1.29 is 9.15 Å². The van der Waals surface area contributed by atoms with Gasteiger partial charge in [-0.05, 0) is 61.5 Å². The topological polar surface area (TPSA) is 55.5 Å². The summed E-state index contributed by atoms with van der Waals surface area (Å²) in [6.07, 6.45) is 8.05. The van der Waals surface area contributed by atoms with Crippen molar-refractivity contribution in [1.29, 1.82) is 0 Å². The molecule has 3 atom stereocenters. The van der Waals surface area contributed by atoms with Crippen LogP contribution in [-0.4, -0.2) is 38.8 Å². The Morgan fingerprint density at radius 2 is 2.14 bits per heavy atom. The molecule has 6 nitrogen and oxygen atoms in total. The molecule has 2 saturated heterocycles. The Morgan fingerprint density at radius 1 is 1.17 bits per heavy atom. The highest BCUT2D eigenvalue weighted by Crippen LogP contribution is 2.39. The van der Waals surface area contributed by atoms with Crippen LogP contribution in [0.15, 0.2) is 65.5 Å². The van der Waals surface area contributed by atoms with Crippen LogP contribution in [0.2, 0.25) is 0 Å². The van der Waals surface area contributed by atoms with Crippen LogP contribution < -0.4 is 5.32 Å². The molecule has 3 aromatic heterocycles. The number of hydrogen-bond acceptors (Lipinski definition) is 4. The molecule has 2 aliphatic rings. The molecule has 2 aliphatic heterocycles. The molecule has 5 heterocycles. The zero-order chi connectivity index (χ0) is 19.6. The smallest absolute Gasteiger partial charge is 0.170 e. The van der Waals surface area contributed by atoms with Crippen LogP contribution in [0, 0.1) is 0 Å². The predicted octanol–water partition coefficient (Wildman–Crippen LogP) is 3.68. The number of pyridine rings is 1. The van der Waals surface area contributed by atoms with Crippen LogP contribution in [0.3, 0.4) is 0 Å². The van der Waals surface area contributed by atoms with Crippen molar-refractivity contribution >= 4 is 17.3 Å². The van der Waals surface area contributed by atoms with Crippen LogP contribution in [0.5, 0.6) is 0 Å². The summed E-state index contributed by atoms with van der Waals surface area (Å²) in [4.78, 5) is 6.90. The first-order valence-corrected chi connectivity index (χ1v) is 10.5. The van der Waals surface area contributed by atoms with E-state index in [1.54, 1.807) is 6.26 Å². The second kappa shape index (κ2) is 8.00. The molecule has 0 aromatic carbocycles. The standard InChI is InChI=1S/C22H24N4O2S/c29-22-24-20(18-8-1-2-10-23-18)21(26(22)15-17-7-5-13-28-17)19-9-3-11-25(19)14-16-6-4-12-27-16/h1-4,6,8-12,17,20-21H,5,7,13-15H2,(H,24,29)/t17-,20+,21+/m0/s1. The van der Waals surface area contributed by atoms with Crippen molar-refractivity contribution in [3.63, 3.8) is 0 Å². The number of furan rings is 1. The number of hydrogen-bond donors (Lipinski definition) is 1. The fraction of sp³-hybridized carbons (Fsp3) is 0.364. The van der Waals surface area contributed by atoms with Gasteiger partial charge in [-0.15, -0.1) is 0 Å². The lowest BCUT2D eigenvalue weighted by Gasteiger charge is -2.30. The van der Waals surface area contributed by atoms with Crippen molar-refractivity contribution in [2.75, 3.05) is 13.2 Å². The average molecular weight is 409 g/mol. The van der Waals surface area contributed by atoms with E-state index in [2.05, 4.69) is 44.2 Å². The maximum absolute atomic E-state index is 5.92. The van der Waals surface area contributed by atoms with Gasteiger partial charge in [0.2, 0.25) is 0 Å². The maximum atomic E-state index is 5.92. The summed E-state index contributed by atoms with van der Waals surface area (Å²) in [6, 6.07) is 14.2. The Morgan fingerprint density at radius 3 is 2.90 bits per heavy atom. The first-order chi connectivity index (χ1) is 14.3. The molecule has 0 aliphatic carbocycles. The highest BCUT2D eigenvalue weighted by atomic mass is 32.1. The zero-order valence-corrected chi connectivity index (χ0v) is 16.9. The summed E-state index contributed by atoms with van der Waals surface area (Å²) in [5.41, 5.74) is 2.17. The van der Waals surface area contributed by atoms with Gasteiger partial charge in [0.25, 0.3) is 0 Å². The molecule has 0 spiro atoms. The Hall–Kier alpha value is -2.64. The zero-order valence-electron chi connectivity index (χ0n) is 16.1. The minimum atomic E-state index is -0.0182.